The Labute approximate surface area is 166 Å². The van der Waals surface area contributed by atoms with E-state index in [9.17, 15) is 28.5 Å². The highest BCUT2D eigenvalue weighted by molar-refractivity contribution is 7.98. The van der Waals surface area contributed by atoms with Gasteiger partial charge in [-0.1, -0.05) is 11.8 Å². The van der Waals surface area contributed by atoms with Gasteiger partial charge in [0, 0.05) is 5.56 Å². The fourth-order valence-corrected chi connectivity index (χ4v) is 3.66. The van der Waals surface area contributed by atoms with E-state index in [2.05, 4.69) is 10.1 Å². The third-order valence-corrected chi connectivity index (χ3v) is 4.97. The molecule has 0 bridgehead atoms. The molecule has 3 aromatic heterocycles. The Bertz CT molecular complexity index is 1120. The average molecular weight is 423 g/mol. The molecule has 3 heterocycles. The maximum Gasteiger partial charge on any atom is 0.433 e. The minimum absolute atomic E-state index is 0.0401. The summed E-state index contributed by atoms with van der Waals surface area (Å²) in [6.07, 6.45) is -3.45. The average Bonchev–Trinajstić information content (AvgIpc) is 3.26. The molecule has 12 heteroatoms. The summed E-state index contributed by atoms with van der Waals surface area (Å²) in [5.74, 6) is 0.0271. The number of nitrogens with zero attached hydrogens (tertiary/aromatic N) is 5. The lowest BCUT2D eigenvalue weighted by Gasteiger charge is -2.13. The molecule has 0 aromatic carbocycles. The van der Waals surface area contributed by atoms with Gasteiger partial charge in [0.1, 0.15) is 33.9 Å². The number of hydrogen-bond donors (Lipinski definition) is 0. The minimum Gasteiger partial charge on any atom is -0.464 e. The number of hydrogen-bond acceptors (Lipinski definition) is 7. The van der Waals surface area contributed by atoms with E-state index in [-0.39, 0.29) is 44.9 Å². The Morgan fingerprint density at radius 2 is 2.14 bits per heavy atom. The van der Waals surface area contributed by atoms with E-state index in [1.54, 1.807) is 0 Å². The lowest BCUT2D eigenvalue weighted by Crippen LogP contribution is -2.10. The molecule has 0 aliphatic heterocycles. The first kappa shape index (κ1) is 20.4. The topological polar surface area (TPSA) is 111 Å². The largest absolute Gasteiger partial charge is 0.464 e. The van der Waals surface area contributed by atoms with Gasteiger partial charge < -0.3 is 4.42 Å². The van der Waals surface area contributed by atoms with Crippen LogP contribution in [-0.2, 0) is 12.1 Å². The van der Waals surface area contributed by atoms with Crippen molar-refractivity contribution < 1.29 is 22.5 Å². The van der Waals surface area contributed by atoms with E-state index >= 15 is 0 Å². The molecule has 29 heavy (non-hydrogen) atoms. The van der Waals surface area contributed by atoms with Crippen LogP contribution in [0.4, 0.5) is 18.9 Å². The van der Waals surface area contributed by atoms with Crippen molar-refractivity contribution in [2.75, 3.05) is 0 Å². The van der Waals surface area contributed by atoms with E-state index in [1.807, 2.05) is 6.07 Å². The van der Waals surface area contributed by atoms with E-state index in [1.165, 1.54) is 36.9 Å². The second kappa shape index (κ2) is 7.59. The Hall–Kier alpha value is -3.33. The molecule has 0 aliphatic rings. The Morgan fingerprint density at radius 3 is 2.66 bits per heavy atom. The number of thioether (sulfide) groups is 1. The van der Waals surface area contributed by atoms with Crippen molar-refractivity contribution in [1.82, 2.24) is 14.8 Å². The van der Waals surface area contributed by atoms with Crippen LogP contribution in [0.1, 0.15) is 22.6 Å². The number of nitro groups is 1. The zero-order valence-corrected chi connectivity index (χ0v) is 15.8. The van der Waals surface area contributed by atoms with Gasteiger partial charge >= 0.3 is 11.9 Å². The van der Waals surface area contributed by atoms with Crippen LogP contribution in [0.15, 0.2) is 33.9 Å². The molecule has 0 saturated heterocycles. The number of rotatable bonds is 5. The maximum absolute atomic E-state index is 13.3. The van der Waals surface area contributed by atoms with Crippen molar-refractivity contribution in [1.29, 1.82) is 5.26 Å². The Kier molecular flexibility index (Phi) is 5.34. The quantitative estimate of drug-likeness (QED) is 0.332. The summed E-state index contributed by atoms with van der Waals surface area (Å²) in [5.41, 5.74) is -1.04. The fourth-order valence-electron chi connectivity index (χ4n) is 2.71. The number of alkyl halides is 3. The molecule has 0 fully saturated rings. The number of aryl methyl sites for hydroxylation is 1. The predicted molar refractivity (Wildman–Crippen MR) is 95.9 cm³/mol. The van der Waals surface area contributed by atoms with Crippen molar-refractivity contribution in [3.8, 4) is 17.4 Å². The lowest BCUT2D eigenvalue weighted by atomic mass is 10.1. The van der Waals surface area contributed by atoms with Gasteiger partial charge in [0.25, 0.3) is 0 Å². The first-order valence-corrected chi connectivity index (χ1v) is 8.99. The van der Waals surface area contributed by atoms with Crippen LogP contribution < -0.4 is 0 Å². The number of furan rings is 1. The van der Waals surface area contributed by atoms with Gasteiger partial charge in [-0.2, -0.15) is 23.5 Å². The number of halogens is 3. The number of nitriles is 1. The Balaban J connectivity index is 2.05. The third-order valence-electron chi connectivity index (χ3n) is 4.02. The lowest BCUT2D eigenvalue weighted by molar-refractivity contribution is -0.386. The molecular weight excluding hydrogens is 411 g/mol. The summed E-state index contributed by atoms with van der Waals surface area (Å²) >= 11 is 0.817. The van der Waals surface area contributed by atoms with Crippen molar-refractivity contribution in [3.63, 3.8) is 0 Å². The first-order valence-electron chi connectivity index (χ1n) is 8.01. The van der Waals surface area contributed by atoms with Gasteiger partial charge in [-0.3, -0.25) is 14.8 Å². The summed E-state index contributed by atoms with van der Waals surface area (Å²) in [5, 5.41) is 24.5. The molecule has 0 N–H and O–H groups in total. The van der Waals surface area contributed by atoms with Gasteiger partial charge in [-0.05, 0) is 32.0 Å². The summed E-state index contributed by atoms with van der Waals surface area (Å²) in [4.78, 5) is 14.1. The molecule has 0 aliphatic carbocycles. The normalized spacial score (nSPS) is 11.4. The molecule has 0 unspecified atom stereocenters. The molecule has 8 nitrogen and oxygen atoms in total. The molecule has 3 aromatic rings. The minimum atomic E-state index is -4.73. The van der Waals surface area contributed by atoms with Crippen LogP contribution in [0, 0.1) is 35.3 Å². The second-order valence-electron chi connectivity index (χ2n) is 5.87. The molecule has 0 spiro atoms. The van der Waals surface area contributed by atoms with Crippen LogP contribution in [0.2, 0.25) is 0 Å². The molecule has 150 valence electrons. The number of aromatic nitrogens is 3. The fraction of sp³-hybridized carbons (Fsp3) is 0.235. The van der Waals surface area contributed by atoms with E-state index in [4.69, 9.17) is 4.42 Å². The zero-order chi connectivity index (χ0) is 21.3. The number of pyridine rings is 1. The van der Waals surface area contributed by atoms with Gasteiger partial charge in [-0.15, -0.1) is 0 Å². The van der Waals surface area contributed by atoms with Gasteiger partial charge in [0.2, 0.25) is 0 Å². The highest BCUT2D eigenvalue weighted by atomic mass is 32.2. The SMILES string of the molecule is Cc1nn(CSc2nc(C(F)(F)F)cc(-c3ccco3)c2C#N)c(C)c1[N+](=O)[O-]. The van der Waals surface area contributed by atoms with Crippen molar-refractivity contribution in [2.24, 2.45) is 0 Å². The van der Waals surface area contributed by atoms with Crippen LogP contribution >= 0.6 is 11.8 Å². The van der Waals surface area contributed by atoms with Crippen LogP contribution in [0.25, 0.3) is 11.3 Å². The van der Waals surface area contributed by atoms with Gasteiger partial charge in [0.15, 0.2) is 0 Å². The summed E-state index contributed by atoms with van der Waals surface area (Å²) in [6.45, 7) is 2.95. The van der Waals surface area contributed by atoms with Crippen LogP contribution in [0.5, 0.6) is 0 Å². The molecule has 0 atom stereocenters. The standard InChI is InChI=1S/C17H12F3N5O3S/c1-9-15(25(26)27)10(2)24(23-9)8-29-16-12(7-21)11(13-4-3-5-28-13)6-14(22-16)17(18,19)20/h3-6H,8H2,1-2H3. The smallest absolute Gasteiger partial charge is 0.433 e. The molecule has 0 saturated carbocycles. The van der Waals surface area contributed by atoms with Crippen molar-refractivity contribution in [2.45, 2.75) is 30.9 Å². The molecule has 0 amide bonds. The van der Waals surface area contributed by atoms with E-state index < -0.39 is 16.8 Å². The summed E-state index contributed by atoms with van der Waals surface area (Å²) in [6, 6.07) is 5.56. The highest BCUT2D eigenvalue weighted by Crippen LogP contribution is 2.37. The monoisotopic (exact) mass is 423 g/mol. The first-order chi connectivity index (χ1) is 13.6. The zero-order valence-electron chi connectivity index (χ0n) is 15.0. The molecule has 3 rings (SSSR count). The van der Waals surface area contributed by atoms with Crippen molar-refractivity contribution >= 4 is 17.4 Å². The van der Waals surface area contributed by atoms with Crippen LogP contribution in [0.3, 0.4) is 0 Å². The third kappa shape index (κ3) is 3.95. The van der Waals surface area contributed by atoms with Gasteiger partial charge in [0.05, 0.1) is 22.6 Å². The molecular formula is C17H12F3N5O3S. The molecule has 0 radical (unpaired) electrons. The Morgan fingerprint density at radius 1 is 1.41 bits per heavy atom. The van der Waals surface area contributed by atoms with Crippen LogP contribution in [-0.4, -0.2) is 19.7 Å². The summed E-state index contributed by atoms with van der Waals surface area (Å²) < 4.78 is 46.4. The predicted octanol–water partition coefficient (Wildman–Crippen LogP) is 4.70. The van der Waals surface area contributed by atoms with Gasteiger partial charge in [-0.25, -0.2) is 4.98 Å². The maximum atomic E-state index is 13.3. The van der Waals surface area contributed by atoms with E-state index in [0.29, 0.717) is 0 Å². The van der Waals surface area contributed by atoms with E-state index in [0.717, 1.165) is 17.8 Å². The van der Waals surface area contributed by atoms with Crippen molar-refractivity contribution in [3.05, 3.63) is 57.2 Å². The summed E-state index contributed by atoms with van der Waals surface area (Å²) in [7, 11) is 0. The highest BCUT2D eigenvalue weighted by Gasteiger charge is 2.35. The second-order valence-corrected chi connectivity index (χ2v) is 6.81.